The molecule has 0 atom stereocenters. The number of hydrogen-bond acceptors (Lipinski definition) is 6. The van der Waals surface area contributed by atoms with Gasteiger partial charge in [-0.3, -0.25) is 0 Å². The van der Waals surface area contributed by atoms with Crippen LogP contribution >= 0.6 is 0 Å². The van der Waals surface area contributed by atoms with Gasteiger partial charge in [-0.2, -0.15) is 0 Å². The average Bonchev–Trinajstić information content (AvgIpc) is 2.88. The van der Waals surface area contributed by atoms with Crippen LogP contribution in [-0.4, -0.2) is 34.6 Å². The minimum atomic E-state index is 0.0279. The molecule has 4 aromatic carbocycles. The molecule has 0 radical (unpaired) electrons. The molecule has 0 unspecified atom stereocenters. The number of rotatable bonds is 3. The highest BCUT2D eigenvalue weighted by Crippen LogP contribution is 2.55. The molecule has 0 bridgehead atoms. The Bertz CT molecular complexity index is 1550. The molecule has 4 aromatic rings. The summed E-state index contributed by atoms with van der Waals surface area (Å²) < 4.78 is 11.4. The first kappa shape index (κ1) is 22.2. The summed E-state index contributed by atoms with van der Waals surface area (Å²) in [5, 5.41) is 43.0. The molecular formula is C30H26O6. The van der Waals surface area contributed by atoms with Crippen molar-refractivity contribution in [2.45, 2.75) is 25.7 Å². The van der Waals surface area contributed by atoms with Gasteiger partial charge in [0.1, 0.15) is 23.0 Å². The van der Waals surface area contributed by atoms with E-state index < -0.39 is 0 Å². The Morgan fingerprint density at radius 3 is 1.75 bits per heavy atom. The van der Waals surface area contributed by atoms with Crippen LogP contribution in [0.3, 0.4) is 0 Å². The van der Waals surface area contributed by atoms with E-state index in [1.807, 2.05) is 12.1 Å². The van der Waals surface area contributed by atoms with E-state index in [9.17, 15) is 20.4 Å². The van der Waals surface area contributed by atoms with Gasteiger partial charge < -0.3 is 29.9 Å². The molecule has 36 heavy (non-hydrogen) atoms. The molecule has 2 aliphatic carbocycles. The van der Waals surface area contributed by atoms with E-state index in [1.165, 1.54) is 7.11 Å². The minimum Gasteiger partial charge on any atom is -0.508 e. The lowest BCUT2D eigenvalue weighted by Crippen LogP contribution is -2.09. The number of aryl methyl sites for hydroxylation is 3. The maximum absolute atomic E-state index is 11.8. The van der Waals surface area contributed by atoms with Crippen molar-refractivity contribution in [1.29, 1.82) is 0 Å². The highest BCUT2D eigenvalue weighted by atomic mass is 16.5. The first-order valence-electron chi connectivity index (χ1n) is 11.9. The quantitative estimate of drug-likeness (QED) is 0.298. The van der Waals surface area contributed by atoms with Crippen molar-refractivity contribution in [3.63, 3.8) is 0 Å². The molecule has 6 heteroatoms. The molecule has 0 saturated heterocycles. The third-order valence-electron chi connectivity index (χ3n) is 7.45. The second kappa shape index (κ2) is 8.12. The summed E-state index contributed by atoms with van der Waals surface area (Å²) >= 11 is 0. The fourth-order valence-corrected chi connectivity index (χ4v) is 5.82. The van der Waals surface area contributed by atoms with Crippen LogP contribution in [0, 0.1) is 0 Å². The molecule has 0 heterocycles. The maximum atomic E-state index is 11.8. The van der Waals surface area contributed by atoms with Crippen LogP contribution in [0.5, 0.6) is 34.5 Å². The Morgan fingerprint density at radius 1 is 0.528 bits per heavy atom. The number of aromatic hydroxyl groups is 4. The van der Waals surface area contributed by atoms with Crippen LogP contribution in [0.2, 0.25) is 0 Å². The first-order valence-corrected chi connectivity index (χ1v) is 11.9. The largest absolute Gasteiger partial charge is 0.508 e. The summed E-state index contributed by atoms with van der Waals surface area (Å²) in [4.78, 5) is 0. The highest BCUT2D eigenvalue weighted by molar-refractivity contribution is 5.95. The lowest BCUT2D eigenvalue weighted by atomic mass is 9.78. The van der Waals surface area contributed by atoms with Gasteiger partial charge in [-0.25, -0.2) is 0 Å². The van der Waals surface area contributed by atoms with E-state index in [4.69, 9.17) is 9.47 Å². The van der Waals surface area contributed by atoms with Crippen molar-refractivity contribution < 1.29 is 29.9 Å². The number of methoxy groups -OCH3 is 2. The number of benzene rings is 4. The number of fused-ring (bicyclic) bond motifs is 6. The van der Waals surface area contributed by atoms with Gasteiger partial charge in [0.2, 0.25) is 0 Å². The number of hydrogen-bond donors (Lipinski definition) is 4. The summed E-state index contributed by atoms with van der Waals surface area (Å²) in [5.74, 6) is 1.34. The first-order chi connectivity index (χ1) is 17.4. The van der Waals surface area contributed by atoms with E-state index in [0.717, 1.165) is 50.9 Å². The molecule has 0 aliphatic heterocycles. The standard InChI is InChI=1S/C30H26O6/c1-35-24-13-17-4-3-15-11-18(31)6-9-20(15)26(17)30(34)28(24)23-14-25(36-2)29(33)27-21-10-7-19(32)12-16(21)5-8-22(23)27/h6-7,9-14,31-34H,3-5,8H2,1-2H3. The van der Waals surface area contributed by atoms with E-state index >= 15 is 0 Å². The predicted octanol–water partition coefficient (Wildman–Crippen LogP) is 5.72. The molecule has 6 nitrogen and oxygen atoms in total. The Kier molecular flexibility index (Phi) is 5.00. The Morgan fingerprint density at radius 2 is 1.11 bits per heavy atom. The van der Waals surface area contributed by atoms with Gasteiger partial charge in [0, 0.05) is 11.1 Å². The summed E-state index contributed by atoms with van der Waals surface area (Å²) in [5.41, 5.74) is 8.10. The smallest absolute Gasteiger partial charge is 0.165 e. The van der Waals surface area contributed by atoms with Gasteiger partial charge in [0.05, 0.1) is 19.8 Å². The van der Waals surface area contributed by atoms with Gasteiger partial charge in [0.15, 0.2) is 11.5 Å². The van der Waals surface area contributed by atoms with Crippen LogP contribution in [0.1, 0.15) is 22.3 Å². The van der Waals surface area contributed by atoms with Gasteiger partial charge in [-0.1, -0.05) is 12.1 Å². The van der Waals surface area contributed by atoms with Crippen LogP contribution in [0.25, 0.3) is 33.4 Å². The summed E-state index contributed by atoms with van der Waals surface area (Å²) in [7, 11) is 3.08. The fourth-order valence-electron chi connectivity index (χ4n) is 5.82. The van der Waals surface area contributed by atoms with Crippen LogP contribution in [-0.2, 0) is 25.7 Å². The van der Waals surface area contributed by atoms with E-state index in [-0.39, 0.29) is 28.7 Å². The average molecular weight is 483 g/mol. The molecule has 0 saturated carbocycles. The maximum Gasteiger partial charge on any atom is 0.165 e. The SMILES string of the molecule is COc1cc(-c2c(OC)cc3c(c2O)-c2ccc(O)cc2CC3)c2c(c1O)-c1ccc(O)cc1CC2. The molecule has 0 aromatic heterocycles. The van der Waals surface area contributed by atoms with Gasteiger partial charge in [-0.05, 0) is 101 Å². The van der Waals surface area contributed by atoms with E-state index in [2.05, 4.69) is 0 Å². The molecule has 6 rings (SSSR count). The topological polar surface area (TPSA) is 99.4 Å². The van der Waals surface area contributed by atoms with Crippen molar-refractivity contribution in [2.75, 3.05) is 14.2 Å². The summed E-state index contributed by atoms with van der Waals surface area (Å²) in [6.07, 6.45) is 2.74. The number of ether oxygens (including phenoxy) is 2. The van der Waals surface area contributed by atoms with Crippen LogP contribution in [0.4, 0.5) is 0 Å². The zero-order valence-corrected chi connectivity index (χ0v) is 20.1. The second-order valence-electron chi connectivity index (χ2n) is 9.35. The predicted molar refractivity (Wildman–Crippen MR) is 137 cm³/mol. The molecule has 182 valence electrons. The molecule has 2 aliphatic rings. The lowest BCUT2D eigenvalue weighted by molar-refractivity contribution is 0.374. The van der Waals surface area contributed by atoms with Gasteiger partial charge in [-0.15, -0.1) is 0 Å². The minimum absolute atomic E-state index is 0.0279. The number of phenolic OH excluding ortho intramolecular Hbond substituents is 4. The lowest BCUT2D eigenvalue weighted by Gasteiger charge is -2.28. The van der Waals surface area contributed by atoms with Gasteiger partial charge >= 0.3 is 0 Å². The second-order valence-corrected chi connectivity index (χ2v) is 9.35. The van der Waals surface area contributed by atoms with Crippen LogP contribution < -0.4 is 9.47 Å². The van der Waals surface area contributed by atoms with Crippen molar-refractivity contribution in [1.82, 2.24) is 0 Å². The zero-order valence-electron chi connectivity index (χ0n) is 20.1. The van der Waals surface area contributed by atoms with Crippen LogP contribution in [0.15, 0.2) is 48.5 Å². The van der Waals surface area contributed by atoms with E-state index in [1.54, 1.807) is 43.5 Å². The van der Waals surface area contributed by atoms with Crippen molar-refractivity contribution in [3.05, 3.63) is 70.8 Å². The monoisotopic (exact) mass is 482 g/mol. The Hall–Kier alpha value is -4.32. The van der Waals surface area contributed by atoms with E-state index in [0.29, 0.717) is 36.1 Å². The zero-order chi connectivity index (χ0) is 25.1. The highest BCUT2D eigenvalue weighted by Gasteiger charge is 2.31. The van der Waals surface area contributed by atoms with Crippen molar-refractivity contribution >= 4 is 0 Å². The fraction of sp³-hybridized carbons (Fsp3) is 0.200. The normalized spacial score (nSPS) is 13.3. The van der Waals surface area contributed by atoms with Crippen molar-refractivity contribution in [2.24, 2.45) is 0 Å². The third kappa shape index (κ3) is 3.18. The molecule has 0 spiro atoms. The number of phenols is 4. The third-order valence-corrected chi connectivity index (χ3v) is 7.45. The summed E-state index contributed by atoms with van der Waals surface area (Å²) in [6.45, 7) is 0. The Balaban J connectivity index is 1.67. The summed E-state index contributed by atoms with van der Waals surface area (Å²) in [6, 6.07) is 14.1. The van der Waals surface area contributed by atoms with Gasteiger partial charge in [0.25, 0.3) is 0 Å². The molecular weight excluding hydrogens is 456 g/mol. The molecule has 4 N–H and O–H groups in total. The Labute approximate surface area is 208 Å². The van der Waals surface area contributed by atoms with Crippen molar-refractivity contribution in [3.8, 4) is 67.9 Å². The molecule has 0 fully saturated rings. The molecule has 0 amide bonds.